The first-order valence-electron chi connectivity index (χ1n) is 7.66. The van der Waals surface area contributed by atoms with Gasteiger partial charge in [-0.1, -0.05) is 29.8 Å². The van der Waals surface area contributed by atoms with Gasteiger partial charge in [0.15, 0.2) is 0 Å². The Kier molecular flexibility index (Phi) is 3.20. The van der Waals surface area contributed by atoms with Crippen LogP contribution in [0.25, 0.3) is 0 Å². The fourth-order valence-corrected chi connectivity index (χ4v) is 3.87. The number of fused-ring (bicyclic) bond motifs is 1. The predicted molar refractivity (Wildman–Crippen MR) is 86.7 cm³/mol. The second-order valence-electron chi connectivity index (χ2n) is 6.40. The molecule has 3 rings (SSSR count). The van der Waals surface area contributed by atoms with Gasteiger partial charge < -0.3 is 0 Å². The van der Waals surface area contributed by atoms with Crippen LogP contribution in [0.2, 0.25) is 0 Å². The van der Waals surface area contributed by atoms with Crippen LogP contribution in [0.4, 0.5) is 0 Å². The third kappa shape index (κ3) is 1.90. The Morgan fingerprint density at radius 2 is 1.55 bits per heavy atom. The van der Waals surface area contributed by atoms with E-state index < -0.39 is 0 Å². The van der Waals surface area contributed by atoms with Gasteiger partial charge in [0.05, 0.1) is 0 Å². The van der Waals surface area contributed by atoms with Gasteiger partial charge in [-0.25, -0.2) is 0 Å². The van der Waals surface area contributed by atoms with Crippen molar-refractivity contribution >= 4 is 0 Å². The predicted octanol–water partition coefficient (Wildman–Crippen LogP) is 5.31. The van der Waals surface area contributed by atoms with Crippen LogP contribution in [0.1, 0.15) is 56.8 Å². The molecule has 1 aliphatic carbocycles. The number of hydrogen-bond donors (Lipinski definition) is 0. The lowest BCUT2D eigenvalue weighted by Crippen LogP contribution is -2.04. The van der Waals surface area contributed by atoms with Crippen molar-refractivity contribution < 1.29 is 0 Å². The summed E-state index contributed by atoms with van der Waals surface area (Å²) in [7, 11) is 0. The average Bonchev–Trinajstić information content (AvgIpc) is 2.87. The standard InChI is InChI=1S/C20H24/c1-12-7-6-8-17(11-12)19-10-9-18-15(4)13(2)14(3)16(5)20(18)19/h6-8,11,19H,9-10H2,1-5H3. The van der Waals surface area contributed by atoms with E-state index in [1.165, 1.54) is 46.2 Å². The van der Waals surface area contributed by atoms with Crippen LogP contribution in [0.15, 0.2) is 24.3 Å². The maximum absolute atomic E-state index is 2.36. The Morgan fingerprint density at radius 1 is 0.850 bits per heavy atom. The van der Waals surface area contributed by atoms with Gasteiger partial charge in [0.2, 0.25) is 0 Å². The topological polar surface area (TPSA) is 0 Å². The zero-order chi connectivity index (χ0) is 14.4. The molecule has 0 saturated heterocycles. The molecular formula is C20H24. The second-order valence-corrected chi connectivity index (χ2v) is 6.40. The molecule has 1 unspecified atom stereocenters. The molecule has 2 aromatic carbocycles. The molecule has 0 heterocycles. The Bertz CT molecular complexity index is 677. The van der Waals surface area contributed by atoms with Gasteiger partial charge in [-0.15, -0.1) is 0 Å². The minimum Gasteiger partial charge on any atom is -0.0617 e. The van der Waals surface area contributed by atoms with E-state index in [-0.39, 0.29) is 0 Å². The van der Waals surface area contributed by atoms with E-state index in [2.05, 4.69) is 58.9 Å². The molecule has 0 heteroatoms. The Morgan fingerprint density at radius 3 is 2.25 bits per heavy atom. The van der Waals surface area contributed by atoms with Crippen molar-refractivity contribution in [2.24, 2.45) is 0 Å². The number of hydrogen-bond acceptors (Lipinski definition) is 0. The van der Waals surface area contributed by atoms with Crippen molar-refractivity contribution in [1.82, 2.24) is 0 Å². The van der Waals surface area contributed by atoms with Gasteiger partial charge in [-0.2, -0.15) is 0 Å². The summed E-state index contributed by atoms with van der Waals surface area (Å²) < 4.78 is 0. The highest BCUT2D eigenvalue weighted by Crippen LogP contribution is 2.43. The second kappa shape index (κ2) is 4.77. The summed E-state index contributed by atoms with van der Waals surface area (Å²) in [6.45, 7) is 11.4. The molecule has 0 aliphatic heterocycles. The maximum Gasteiger partial charge on any atom is 0.00981 e. The molecule has 0 amide bonds. The first kappa shape index (κ1) is 13.4. The molecule has 0 saturated carbocycles. The van der Waals surface area contributed by atoms with Gasteiger partial charge in [-0.05, 0) is 86.4 Å². The molecule has 0 spiro atoms. The van der Waals surface area contributed by atoms with E-state index in [1.807, 2.05) is 0 Å². The summed E-state index contributed by atoms with van der Waals surface area (Å²) in [5, 5.41) is 0. The van der Waals surface area contributed by atoms with Crippen molar-refractivity contribution in [3.63, 3.8) is 0 Å². The van der Waals surface area contributed by atoms with E-state index in [9.17, 15) is 0 Å². The summed E-state index contributed by atoms with van der Waals surface area (Å²) in [6, 6.07) is 9.06. The minimum atomic E-state index is 0.600. The summed E-state index contributed by atoms with van der Waals surface area (Å²) >= 11 is 0. The minimum absolute atomic E-state index is 0.600. The van der Waals surface area contributed by atoms with Crippen LogP contribution in [-0.4, -0.2) is 0 Å². The Labute approximate surface area is 122 Å². The fourth-order valence-electron chi connectivity index (χ4n) is 3.87. The summed E-state index contributed by atoms with van der Waals surface area (Å²) in [5.41, 5.74) is 12.1. The van der Waals surface area contributed by atoms with Crippen LogP contribution in [0.5, 0.6) is 0 Å². The van der Waals surface area contributed by atoms with E-state index >= 15 is 0 Å². The van der Waals surface area contributed by atoms with Crippen LogP contribution < -0.4 is 0 Å². The molecule has 0 fully saturated rings. The van der Waals surface area contributed by atoms with Gasteiger partial charge in [0, 0.05) is 5.92 Å². The van der Waals surface area contributed by atoms with Crippen LogP contribution >= 0.6 is 0 Å². The lowest BCUT2D eigenvalue weighted by molar-refractivity contribution is 0.783. The SMILES string of the molecule is Cc1cccc(C2CCc3c(C)c(C)c(C)c(C)c32)c1. The van der Waals surface area contributed by atoms with Crippen LogP contribution in [0, 0.1) is 34.6 Å². The number of benzene rings is 2. The van der Waals surface area contributed by atoms with Crippen molar-refractivity contribution in [1.29, 1.82) is 0 Å². The van der Waals surface area contributed by atoms with E-state index in [0.29, 0.717) is 5.92 Å². The molecule has 1 atom stereocenters. The maximum atomic E-state index is 2.36. The first-order chi connectivity index (χ1) is 9.50. The monoisotopic (exact) mass is 264 g/mol. The highest BCUT2D eigenvalue weighted by molar-refractivity contribution is 5.56. The largest absolute Gasteiger partial charge is 0.0617 e. The molecule has 0 radical (unpaired) electrons. The van der Waals surface area contributed by atoms with Gasteiger partial charge in [-0.3, -0.25) is 0 Å². The summed E-state index contributed by atoms with van der Waals surface area (Å²) in [5.74, 6) is 0.600. The van der Waals surface area contributed by atoms with E-state index in [0.717, 1.165) is 0 Å². The fraction of sp³-hybridized carbons (Fsp3) is 0.400. The number of aryl methyl sites for hydroxylation is 1. The zero-order valence-corrected chi connectivity index (χ0v) is 13.3. The van der Waals surface area contributed by atoms with Crippen molar-refractivity contribution in [2.45, 2.75) is 53.4 Å². The molecule has 1 aliphatic rings. The normalized spacial score (nSPS) is 17.4. The van der Waals surface area contributed by atoms with Gasteiger partial charge in [0.25, 0.3) is 0 Å². The number of rotatable bonds is 1. The first-order valence-corrected chi connectivity index (χ1v) is 7.66. The van der Waals surface area contributed by atoms with Crippen LogP contribution in [-0.2, 0) is 6.42 Å². The molecule has 20 heavy (non-hydrogen) atoms. The van der Waals surface area contributed by atoms with Crippen molar-refractivity contribution in [3.8, 4) is 0 Å². The van der Waals surface area contributed by atoms with Gasteiger partial charge >= 0.3 is 0 Å². The highest BCUT2D eigenvalue weighted by atomic mass is 14.3. The molecule has 0 aromatic heterocycles. The lowest BCUT2D eigenvalue weighted by Gasteiger charge is -2.20. The highest BCUT2D eigenvalue weighted by Gasteiger charge is 2.28. The molecule has 2 aromatic rings. The zero-order valence-electron chi connectivity index (χ0n) is 13.3. The smallest absolute Gasteiger partial charge is 0.00981 e. The summed E-state index contributed by atoms with van der Waals surface area (Å²) in [4.78, 5) is 0. The average molecular weight is 264 g/mol. The third-order valence-corrected chi connectivity index (χ3v) is 5.35. The third-order valence-electron chi connectivity index (χ3n) is 5.35. The molecular weight excluding hydrogens is 240 g/mol. The molecule has 0 bridgehead atoms. The van der Waals surface area contributed by atoms with E-state index in [1.54, 1.807) is 11.1 Å². The lowest BCUT2D eigenvalue weighted by atomic mass is 9.84. The quantitative estimate of drug-likeness (QED) is 0.655. The van der Waals surface area contributed by atoms with Crippen molar-refractivity contribution in [3.05, 3.63) is 68.8 Å². The molecule has 0 N–H and O–H groups in total. The van der Waals surface area contributed by atoms with Crippen LogP contribution in [0.3, 0.4) is 0 Å². The Balaban J connectivity index is 2.20. The molecule has 0 nitrogen and oxygen atoms in total. The Hall–Kier alpha value is -1.56. The molecule has 104 valence electrons. The van der Waals surface area contributed by atoms with Crippen molar-refractivity contribution in [2.75, 3.05) is 0 Å². The van der Waals surface area contributed by atoms with Gasteiger partial charge in [0.1, 0.15) is 0 Å². The summed E-state index contributed by atoms with van der Waals surface area (Å²) in [6.07, 6.45) is 2.51. The van der Waals surface area contributed by atoms with E-state index in [4.69, 9.17) is 0 Å².